The maximum atomic E-state index is 15.1. The molecule has 5 heterocycles. The van der Waals surface area contributed by atoms with Gasteiger partial charge in [-0.05, 0) is 18.2 Å². The Morgan fingerprint density at radius 1 is 1.09 bits per heavy atom. The number of carbonyl (C=O) groups excluding carboxylic acids is 1. The largest absolute Gasteiger partial charge is 0.490 e. The van der Waals surface area contributed by atoms with E-state index in [0.29, 0.717) is 51.1 Å². The number of anilines is 1. The Kier molecular flexibility index (Phi) is 10.2. The number of rotatable bonds is 16. The quantitative estimate of drug-likeness (QED) is 0.178. The molecule has 0 atom stereocenters. The van der Waals surface area contributed by atoms with Crippen molar-refractivity contribution in [3.8, 4) is 10.9 Å². The molecule has 1 saturated heterocycles. The van der Waals surface area contributed by atoms with Crippen LogP contribution in [0.15, 0.2) is 41.7 Å². The van der Waals surface area contributed by atoms with E-state index in [1.807, 2.05) is 0 Å². The summed E-state index contributed by atoms with van der Waals surface area (Å²) in [6.07, 6.45) is 4.03. The van der Waals surface area contributed by atoms with Crippen LogP contribution in [0.3, 0.4) is 0 Å². The van der Waals surface area contributed by atoms with Crippen LogP contribution < -0.4 is 15.1 Å². The van der Waals surface area contributed by atoms with Gasteiger partial charge in [0.05, 0.1) is 50.5 Å². The van der Waals surface area contributed by atoms with Gasteiger partial charge in [-0.25, -0.2) is 19.2 Å². The number of Topliss-reactive ketones (excluding diaryl/α,β-unsaturated/α-hetero) is 1. The maximum absolute atomic E-state index is 15.1. The molecule has 4 aromatic heterocycles. The molecule has 0 aliphatic carbocycles. The summed E-state index contributed by atoms with van der Waals surface area (Å²) in [7, 11) is 1.61. The van der Waals surface area contributed by atoms with Gasteiger partial charge in [-0.15, -0.1) is 0 Å². The highest BCUT2D eigenvalue weighted by Gasteiger charge is 2.35. The van der Waals surface area contributed by atoms with Gasteiger partial charge in [0.1, 0.15) is 30.0 Å². The summed E-state index contributed by atoms with van der Waals surface area (Å²) in [6.45, 7) is 3.17. The van der Waals surface area contributed by atoms with Crippen LogP contribution in [-0.4, -0.2) is 101 Å². The third-order valence-electron chi connectivity index (χ3n) is 6.79. The van der Waals surface area contributed by atoms with Crippen molar-refractivity contribution in [3.63, 3.8) is 0 Å². The zero-order valence-electron chi connectivity index (χ0n) is 23.7. The SMILES string of the molecule is COCCOCCOCCOc1ccc(CC(=O)C2CN(c3nc4c(cc3F)c(=O)c(C(=O)O)cn4-c3ncns3)C2)nc1. The number of hydrogen-bond donors (Lipinski definition) is 1. The van der Waals surface area contributed by atoms with Crippen molar-refractivity contribution in [2.75, 3.05) is 64.7 Å². The van der Waals surface area contributed by atoms with Gasteiger partial charge in [0, 0.05) is 50.0 Å². The van der Waals surface area contributed by atoms with Gasteiger partial charge in [0.25, 0.3) is 0 Å². The summed E-state index contributed by atoms with van der Waals surface area (Å²) in [5, 5.41) is 9.53. The van der Waals surface area contributed by atoms with Gasteiger partial charge >= 0.3 is 5.97 Å². The van der Waals surface area contributed by atoms with Crippen LogP contribution in [0.2, 0.25) is 0 Å². The monoisotopic (exact) mass is 628 g/mol. The summed E-state index contributed by atoms with van der Waals surface area (Å²) in [6, 6.07) is 4.42. The number of nitrogens with zero attached hydrogens (tertiary/aromatic N) is 6. The zero-order valence-corrected chi connectivity index (χ0v) is 24.5. The van der Waals surface area contributed by atoms with Crippen LogP contribution in [0.4, 0.5) is 10.2 Å². The summed E-state index contributed by atoms with van der Waals surface area (Å²) in [5.74, 6) is -2.17. The highest BCUT2D eigenvalue weighted by Crippen LogP contribution is 2.29. The van der Waals surface area contributed by atoms with Crippen molar-refractivity contribution in [2.24, 2.45) is 5.92 Å². The second kappa shape index (κ2) is 14.4. The van der Waals surface area contributed by atoms with Crippen molar-refractivity contribution in [3.05, 3.63) is 64.2 Å². The molecule has 0 unspecified atom stereocenters. The first-order valence-corrected chi connectivity index (χ1v) is 14.4. The van der Waals surface area contributed by atoms with E-state index in [9.17, 15) is 19.5 Å². The van der Waals surface area contributed by atoms with E-state index >= 15 is 4.39 Å². The van der Waals surface area contributed by atoms with Crippen LogP contribution in [0.5, 0.6) is 5.75 Å². The molecule has 4 aromatic rings. The topological polar surface area (TPSA) is 168 Å². The number of carboxylic acids is 1. The van der Waals surface area contributed by atoms with E-state index in [2.05, 4.69) is 19.3 Å². The highest BCUT2D eigenvalue weighted by molar-refractivity contribution is 7.08. The lowest BCUT2D eigenvalue weighted by atomic mass is 9.92. The molecule has 0 radical (unpaired) electrons. The molecule has 5 rings (SSSR count). The molecule has 1 aliphatic heterocycles. The van der Waals surface area contributed by atoms with Crippen molar-refractivity contribution >= 4 is 40.1 Å². The van der Waals surface area contributed by atoms with Gasteiger partial charge in [-0.1, -0.05) is 0 Å². The highest BCUT2D eigenvalue weighted by atomic mass is 32.1. The van der Waals surface area contributed by atoms with Crippen molar-refractivity contribution in [1.29, 1.82) is 0 Å². The second-order valence-corrected chi connectivity index (χ2v) is 10.5. The molecule has 0 spiro atoms. The fourth-order valence-corrected chi connectivity index (χ4v) is 4.98. The Morgan fingerprint density at radius 2 is 1.84 bits per heavy atom. The Morgan fingerprint density at radius 3 is 2.50 bits per heavy atom. The predicted octanol–water partition coefficient (Wildman–Crippen LogP) is 1.78. The first-order valence-electron chi connectivity index (χ1n) is 13.6. The summed E-state index contributed by atoms with van der Waals surface area (Å²) >= 11 is 0.958. The third-order valence-corrected chi connectivity index (χ3v) is 7.45. The molecule has 0 saturated carbocycles. The van der Waals surface area contributed by atoms with E-state index in [0.717, 1.165) is 23.8 Å². The van der Waals surface area contributed by atoms with Crippen LogP contribution in [-0.2, 0) is 25.4 Å². The van der Waals surface area contributed by atoms with Crippen molar-refractivity contribution in [1.82, 2.24) is 23.9 Å². The van der Waals surface area contributed by atoms with Gasteiger partial charge in [-0.3, -0.25) is 19.1 Å². The van der Waals surface area contributed by atoms with E-state index in [1.165, 1.54) is 10.9 Å². The number of aromatic nitrogens is 5. The molecule has 44 heavy (non-hydrogen) atoms. The third kappa shape index (κ3) is 7.21. The van der Waals surface area contributed by atoms with Crippen LogP contribution in [0.25, 0.3) is 16.2 Å². The number of aromatic carboxylic acids is 1. The molecule has 1 fully saturated rings. The fourth-order valence-electron chi connectivity index (χ4n) is 4.47. The van der Waals surface area contributed by atoms with Gasteiger partial charge < -0.3 is 29.0 Å². The molecule has 1 N–H and O–H groups in total. The molecule has 1 aliphatic rings. The van der Waals surface area contributed by atoms with Gasteiger partial charge in [0.15, 0.2) is 17.3 Å². The molecule has 16 heteroatoms. The molecule has 0 bridgehead atoms. The Hall–Kier alpha value is -4.38. The number of carbonyl (C=O) groups is 2. The van der Waals surface area contributed by atoms with Crippen LogP contribution >= 0.6 is 11.5 Å². The fraction of sp³-hybridized carbons (Fsp3) is 0.393. The first-order chi connectivity index (χ1) is 21.4. The number of methoxy groups -OCH3 is 1. The minimum atomic E-state index is -1.46. The lowest BCUT2D eigenvalue weighted by Gasteiger charge is -2.39. The minimum Gasteiger partial charge on any atom is -0.490 e. The first kappa shape index (κ1) is 31.1. The number of carboxylic acid groups (broad SMARTS) is 1. The molecule has 232 valence electrons. The molecule has 0 amide bonds. The normalized spacial score (nSPS) is 13.3. The van der Waals surface area contributed by atoms with E-state index in [4.69, 9.17) is 18.9 Å². The minimum absolute atomic E-state index is 0.0351. The lowest BCUT2D eigenvalue weighted by Crippen LogP contribution is -2.51. The summed E-state index contributed by atoms with van der Waals surface area (Å²) in [4.78, 5) is 51.6. The van der Waals surface area contributed by atoms with E-state index in [-0.39, 0.29) is 53.2 Å². The average molecular weight is 629 g/mol. The number of fused-ring (bicyclic) bond motifs is 1. The lowest BCUT2D eigenvalue weighted by molar-refractivity contribution is -0.123. The number of ketones is 1. The molecule has 0 aromatic carbocycles. The Bertz CT molecular complexity index is 1660. The smallest absolute Gasteiger partial charge is 0.341 e. The maximum Gasteiger partial charge on any atom is 0.341 e. The van der Waals surface area contributed by atoms with Crippen LogP contribution in [0, 0.1) is 11.7 Å². The van der Waals surface area contributed by atoms with E-state index < -0.39 is 22.8 Å². The number of pyridine rings is 3. The predicted molar refractivity (Wildman–Crippen MR) is 155 cm³/mol. The molecular formula is C28H29FN6O8S. The number of ether oxygens (including phenoxy) is 4. The number of hydrogen-bond acceptors (Lipinski definition) is 13. The van der Waals surface area contributed by atoms with Gasteiger partial charge in [0.2, 0.25) is 10.6 Å². The molecule has 14 nitrogen and oxygen atoms in total. The average Bonchev–Trinajstić information content (AvgIpc) is 3.52. The Balaban J connectivity index is 1.15. The number of halogens is 1. The van der Waals surface area contributed by atoms with Crippen LogP contribution in [0.1, 0.15) is 16.1 Å². The Labute approximate surface area is 254 Å². The van der Waals surface area contributed by atoms with Crippen molar-refractivity contribution in [2.45, 2.75) is 6.42 Å². The second-order valence-electron chi connectivity index (χ2n) is 9.73. The summed E-state index contributed by atoms with van der Waals surface area (Å²) < 4.78 is 41.6. The van der Waals surface area contributed by atoms with Crippen molar-refractivity contribution < 1.29 is 38.0 Å². The van der Waals surface area contributed by atoms with Gasteiger partial charge in [-0.2, -0.15) is 4.37 Å². The zero-order chi connectivity index (χ0) is 31.1. The van der Waals surface area contributed by atoms with E-state index in [1.54, 1.807) is 30.3 Å². The summed E-state index contributed by atoms with van der Waals surface area (Å²) in [5.41, 5.74) is -0.794. The molecular weight excluding hydrogens is 599 g/mol. The standard InChI is InChI=1S/C28H29FN6O8S/c1-40-4-5-41-6-7-42-8-9-43-19-3-2-18(30-12-19)10-23(36)17-13-34(14-17)26-22(29)11-20-24(37)21(27(38)39)15-35(25(20)33-26)28-31-16-32-44-28/h2-3,11-12,15-17H,4-10,13-14H2,1H3,(H,38,39).